The van der Waals surface area contributed by atoms with Gasteiger partial charge in [-0.25, -0.2) is 0 Å². The normalized spacial score (nSPS) is 16.5. The van der Waals surface area contributed by atoms with Gasteiger partial charge >= 0.3 is 0 Å². The highest BCUT2D eigenvalue weighted by molar-refractivity contribution is 6.16. The van der Waals surface area contributed by atoms with Crippen LogP contribution in [-0.4, -0.2) is 36.9 Å². The molecule has 0 bridgehead atoms. The summed E-state index contributed by atoms with van der Waals surface area (Å²) in [6, 6.07) is 16.4. The first kappa shape index (κ1) is 15.1. The largest absolute Gasteiger partial charge is 0.364 e. The molecule has 2 aromatic carbocycles. The van der Waals surface area contributed by atoms with E-state index in [1.165, 1.54) is 4.90 Å². The van der Waals surface area contributed by atoms with Gasteiger partial charge in [0.25, 0.3) is 11.8 Å². The summed E-state index contributed by atoms with van der Waals surface area (Å²) < 4.78 is 0. The third kappa shape index (κ3) is 2.90. The number of likely N-dealkylation sites (N-methyl/N-ethyl adjacent to an activating group) is 1. The Kier molecular flexibility index (Phi) is 4.02. The van der Waals surface area contributed by atoms with Crippen LogP contribution in [0.25, 0.3) is 0 Å². The molecule has 1 N–H and O–H groups in total. The van der Waals surface area contributed by atoms with Gasteiger partial charge in [-0.3, -0.25) is 9.59 Å². The van der Waals surface area contributed by atoms with Crippen LogP contribution in [0.5, 0.6) is 0 Å². The summed E-state index contributed by atoms with van der Waals surface area (Å²) in [5.74, 6) is -0.478. The van der Waals surface area contributed by atoms with E-state index >= 15 is 0 Å². The Balaban J connectivity index is 1.98. The van der Waals surface area contributed by atoms with Crippen LogP contribution in [-0.2, 0) is 16.1 Å². The lowest BCUT2D eigenvalue weighted by molar-refractivity contribution is -0.134. The molecule has 0 saturated heterocycles. The molecular weight excluding hydrogens is 290 g/mol. The van der Waals surface area contributed by atoms with Gasteiger partial charge in [0.1, 0.15) is 0 Å². The van der Waals surface area contributed by atoms with Crippen LogP contribution < -0.4 is 10.2 Å². The van der Waals surface area contributed by atoms with E-state index < -0.39 is 6.04 Å². The van der Waals surface area contributed by atoms with Crippen molar-refractivity contribution in [2.75, 3.05) is 24.3 Å². The van der Waals surface area contributed by atoms with Crippen LogP contribution in [0.1, 0.15) is 5.56 Å². The molecule has 0 saturated carbocycles. The van der Waals surface area contributed by atoms with Crippen molar-refractivity contribution in [2.24, 2.45) is 0 Å². The molecule has 5 heteroatoms. The van der Waals surface area contributed by atoms with E-state index in [-0.39, 0.29) is 11.8 Å². The Morgan fingerprint density at radius 1 is 1.09 bits per heavy atom. The fourth-order valence-electron chi connectivity index (χ4n) is 2.68. The number of hydrogen-bond acceptors (Lipinski definition) is 3. The molecule has 2 amide bonds. The number of nitrogens with zero attached hydrogens (tertiary/aromatic N) is 2. The Hall–Kier alpha value is -2.82. The van der Waals surface area contributed by atoms with Gasteiger partial charge < -0.3 is 15.1 Å². The Bertz CT molecular complexity index is 728. The number of benzene rings is 2. The van der Waals surface area contributed by atoms with Crippen molar-refractivity contribution in [3.8, 4) is 0 Å². The lowest BCUT2D eigenvalue weighted by atomic mass is 10.1. The number of carbonyl (C=O) groups excluding carboxylic acids is 2. The monoisotopic (exact) mass is 309 g/mol. The Morgan fingerprint density at radius 3 is 2.43 bits per heavy atom. The third-order valence-electron chi connectivity index (χ3n) is 3.88. The van der Waals surface area contributed by atoms with Gasteiger partial charge in [0.15, 0.2) is 6.04 Å². The van der Waals surface area contributed by atoms with E-state index in [0.29, 0.717) is 6.54 Å². The highest BCUT2D eigenvalue weighted by Gasteiger charge is 2.37. The SMILES string of the molecule is CN(C)C(=O)C1Nc2ccccc2N(Cc2ccccc2)C1=O. The molecule has 1 unspecified atom stereocenters. The van der Waals surface area contributed by atoms with Crippen LogP contribution >= 0.6 is 0 Å². The molecule has 3 rings (SSSR count). The highest BCUT2D eigenvalue weighted by atomic mass is 16.2. The van der Waals surface area contributed by atoms with Crippen LogP contribution in [0.4, 0.5) is 11.4 Å². The summed E-state index contributed by atoms with van der Waals surface area (Å²) in [6.07, 6.45) is 0. The van der Waals surface area contributed by atoms with Crippen molar-refractivity contribution in [1.29, 1.82) is 0 Å². The molecule has 0 aliphatic carbocycles. The molecule has 1 aliphatic rings. The molecular formula is C18H19N3O2. The maximum atomic E-state index is 12.9. The summed E-state index contributed by atoms with van der Waals surface area (Å²) in [5.41, 5.74) is 2.61. The maximum Gasteiger partial charge on any atom is 0.259 e. The van der Waals surface area contributed by atoms with Gasteiger partial charge in [-0.15, -0.1) is 0 Å². The lowest BCUT2D eigenvalue weighted by Crippen LogP contribution is -2.53. The quantitative estimate of drug-likeness (QED) is 0.884. The van der Waals surface area contributed by atoms with Crippen LogP contribution in [0.3, 0.4) is 0 Å². The molecule has 1 atom stereocenters. The van der Waals surface area contributed by atoms with E-state index in [1.54, 1.807) is 19.0 Å². The topological polar surface area (TPSA) is 52.7 Å². The molecule has 0 spiro atoms. The molecule has 0 fully saturated rings. The highest BCUT2D eigenvalue weighted by Crippen LogP contribution is 2.32. The second-order valence-corrected chi connectivity index (χ2v) is 5.74. The zero-order chi connectivity index (χ0) is 16.4. The summed E-state index contributed by atoms with van der Waals surface area (Å²) in [6.45, 7) is 0.440. The average Bonchev–Trinajstić information content (AvgIpc) is 2.57. The third-order valence-corrected chi connectivity index (χ3v) is 3.88. The summed E-state index contributed by atoms with van der Waals surface area (Å²) in [7, 11) is 3.30. The summed E-state index contributed by atoms with van der Waals surface area (Å²) >= 11 is 0. The number of hydrogen-bond donors (Lipinski definition) is 1. The fourth-order valence-corrected chi connectivity index (χ4v) is 2.68. The van der Waals surface area contributed by atoms with Crippen LogP contribution in [0, 0.1) is 0 Å². The van der Waals surface area contributed by atoms with E-state index in [4.69, 9.17) is 0 Å². The molecule has 2 aromatic rings. The standard InChI is InChI=1S/C18H19N3O2/c1-20(2)17(22)16-18(23)21(12-13-8-4-3-5-9-13)15-11-7-6-10-14(15)19-16/h3-11,16,19H,12H2,1-2H3. The van der Waals surface area contributed by atoms with Crippen molar-refractivity contribution in [1.82, 2.24) is 4.90 Å². The van der Waals surface area contributed by atoms with Crippen molar-refractivity contribution < 1.29 is 9.59 Å². The number of rotatable bonds is 3. The zero-order valence-electron chi connectivity index (χ0n) is 13.2. The van der Waals surface area contributed by atoms with Gasteiger partial charge in [0, 0.05) is 14.1 Å². The predicted octanol–water partition coefficient (Wildman–Crippen LogP) is 2.10. The summed E-state index contributed by atoms with van der Waals surface area (Å²) in [4.78, 5) is 28.3. The first-order valence-corrected chi connectivity index (χ1v) is 7.50. The predicted molar refractivity (Wildman–Crippen MR) is 90.2 cm³/mol. The molecule has 0 radical (unpaired) electrons. The van der Waals surface area contributed by atoms with Crippen LogP contribution in [0.15, 0.2) is 54.6 Å². The van der Waals surface area contributed by atoms with Crippen molar-refractivity contribution in [3.05, 3.63) is 60.2 Å². The first-order chi connectivity index (χ1) is 11.1. The number of para-hydroxylation sites is 2. The molecule has 1 aliphatic heterocycles. The van der Waals surface area contributed by atoms with Gasteiger partial charge in [0.2, 0.25) is 0 Å². The van der Waals surface area contributed by atoms with Crippen molar-refractivity contribution in [3.63, 3.8) is 0 Å². The van der Waals surface area contributed by atoms with Crippen molar-refractivity contribution >= 4 is 23.2 Å². The summed E-state index contributed by atoms with van der Waals surface area (Å²) in [5, 5.41) is 3.06. The van der Waals surface area contributed by atoms with Gasteiger partial charge in [-0.05, 0) is 17.7 Å². The molecule has 23 heavy (non-hydrogen) atoms. The average molecular weight is 309 g/mol. The number of anilines is 2. The molecule has 0 aromatic heterocycles. The lowest BCUT2D eigenvalue weighted by Gasteiger charge is -2.35. The van der Waals surface area contributed by atoms with Crippen molar-refractivity contribution in [2.45, 2.75) is 12.6 Å². The van der Waals surface area contributed by atoms with E-state index in [1.807, 2.05) is 54.6 Å². The fraction of sp³-hybridized carbons (Fsp3) is 0.222. The van der Waals surface area contributed by atoms with E-state index in [2.05, 4.69) is 5.32 Å². The van der Waals surface area contributed by atoms with E-state index in [0.717, 1.165) is 16.9 Å². The number of nitrogens with one attached hydrogen (secondary N) is 1. The smallest absolute Gasteiger partial charge is 0.259 e. The molecule has 1 heterocycles. The number of amides is 2. The van der Waals surface area contributed by atoms with Crippen LogP contribution in [0.2, 0.25) is 0 Å². The first-order valence-electron chi connectivity index (χ1n) is 7.50. The minimum Gasteiger partial charge on any atom is -0.364 e. The van der Waals surface area contributed by atoms with Gasteiger partial charge in [0.05, 0.1) is 17.9 Å². The second-order valence-electron chi connectivity index (χ2n) is 5.74. The molecule has 5 nitrogen and oxygen atoms in total. The maximum absolute atomic E-state index is 12.9. The Labute approximate surface area is 135 Å². The van der Waals surface area contributed by atoms with Gasteiger partial charge in [-0.1, -0.05) is 42.5 Å². The Morgan fingerprint density at radius 2 is 1.74 bits per heavy atom. The minimum absolute atomic E-state index is 0.230. The number of fused-ring (bicyclic) bond motifs is 1. The van der Waals surface area contributed by atoms with Gasteiger partial charge in [-0.2, -0.15) is 0 Å². The zero-order valence-corrected chi connectivity index (χ0v) is 13.2. The minimum atomic E-state index is -0.886. The number of carbonyl (C=O) groups is 2. The second kappa shape index (κ2) is 6.12. The van der Waals surface area contributed by atoms with E-state index in [9.17, 15) is 9.59 Å². The molecule has 118 valence electrons.